The second-order valence-electron chi connectivity index (χ2n) is 7.30. The molecule has 158 valence electrons. The zero-order chi connectivity index (χ0) is 21.5. The molecule has 0 bridgehead atoms. The first-order valence-electron chi connectivity index (χ1n) is 10.2. The lowest BCUT2D eigenvalue weighted by Crippen LogP contribution is -2.10. The molecule has 6 heteroatoms. The summed E-state index contributed by atoms with van der Waals surface area (Å²) in [5, 5.41) is 2.84. The first kappa shape index (κ1) is 21.3. The maximum Gasteiger partial charge on any atom is 0.335 e. The van der Waals surface area contributed by atoms with Crippen LogP contribution in [0.5, 0.6) is 0 Å². The van der Waals surface area contributed by atoms with Crippen molar-refractivity contribution < 1.29 is 18.4 Å². The summed E-state index contributed by atoms with van der Waals surface area (Å²) in [7, 11) is -3.05. The van der Waals surface area contributed by atoms with E-state index in [1.54, 1.807) is 18.2 Å². The fourth-order valence-electron chi connectivity index (χ4n) is 3.32. The molecule has 1 saturated heterocycles. The molecule has 0 saturated carbocycles. The van der Waals surface area contributed by atoms with Gasteiger partial charge in [0.25, 0.3) is 0 Å². The Kier molecular flexibility index (Phi) is 6.78. The quantitative estimate of drug-likeness (QED) is 0.375. The molecular weight excluding hydrogens is 409 g/mol. The lowest BCUT2D eigenvalue weighted by atomic mass is 10.0. The number of carbonyl (C=O) groups is 1. The van der Waals surface area contributed by atoms with Gasteiger partial charge in [-0.15, -0.1) is 0 Å². The molecular formula is C25H24NO4P. The van der Waals surface area contributed by atoms with Crippen LogP contribution in [0.15, 0.2) is 84.9 Å². The van der Waals surface area contributed by atoms with Gasteiger partial charge < -0.3 is 14.4 Å². The predicted molar refractivity (Wildman–Crippen MR) is 124 cm³/mol. The van der Waals surface area contributed by atoms with Crippen LogP contribution in [0.4, 0.5) is 5.69 Å². The third kappa shape index (κ3) is 6.02. The van der Waals surface area contributed by atoms with E-state index in [-0.39, 0.29) is 12.1 Å². The minimum atomic E-state index is -3.05. The van der Waals surface area contributed by atoms with Crippen molar-refractivity contribution in [2.24, 2.45) is 0 Å². The smallest absolute Gasteiger partial charge is 0.323 e. The number of hydrogen-bond donors (Lipinski definition) is 1. The Morgan fingerprint density at radius 3 is 2.35 bits per heavy atom. The summed E-state index contributed by atoms with van der Waals surface area (Å²) in [6, 6.07) is 25.4. The molecule has 3 aromatic rings. The fraction of sp³-hybridized carbons (Fsp3) is 0.160. The Labute approximate surface area is 182 Å². The highest BCUT2D eigenvalue weighted by atomic mass is 31.2. The first-order valence-corrected chi connectivity index (χ1v) is 11.9. The summed E-state index contributed by atoms with van der Waals surface area (Å²) in [5.41, 5.74) is 4.69. The maximum absolute atomic E-state index is 12.5. The van der Waals surface area contributed by atoms with Crippen LogP contribution in [-0.4, -0.2) is 19.1 Å². The zero-order valence-electron chi connectivity index (χ0n) is 17.1. The highest BCUT2D eigenvalue weighted by Gasteiger charge is 2.28. The van der Waals surface area contributed by atoms with Gasteiger partial charge in [-0.2, -0.15) is 0 Å². The van der Waals surface area contributed by atoms with E-state index in [1.807, 2.05) is 54.6 Å². The van der Waals surface area contributed by atoms with Crippen LogP contribution in [-0.2, 0) is 24.6 Å². The standard InChI is InChI=1S/C25H24NO4P/c27-25(15-12-20-6-4-9-23(18-20)22-7-2-1-3-8-22)26-24-13-10-21(11-14-24)19-31(28)29-16-5-17-30-31/h1-4,6-15,18H,5,16-17,19H2,(H,26,27). The number of amides is 1. The fourth-order valence-corrected chi connectivity index (χ4v) is 5.05. The van der Waals surface area contributed by atoms with Crippen LogP contribution in [0.25, 0.3) is 17.2 Å². The van der Waals surface area contributed by atoms with Crippen molar-refractivity contribution in [1.82, 2.24) is 0 Å². The molecule has 0 unspecified atom stereocenters. The van der Waals surface area contributed by atoms with Crippen molar-refractivity contribution in [1.29, 1.82) is 0 Å². The lowest BCUT2D eigenvalue weighted by molar-refractivity contribution is -0.111. The van der Waals surface area contributed by atoms with Crippen molar-refractivity contribution in [3.8, 4) is 11.1 Å². The molecule has 0 spiro atoms. The highest BCUT2D eigenvalue weighted by molar-refractivity contribution is 7.53. The van der Waals surface area contributed by atoms with Crippen LogP contribution < -0.4 is 5.32 Å². The van der Waals surface area contributed by atoms with Gasteiger partial charge in [0.05, 0.1) is 19.4 Å². The van der Waals surface area contributed by atoms with Gasteiger partial charge in [0.2, 0.25) is 5.91 Å². The predicted octanol–water partition coefficient (Wildman–Crippen LogP) is 6.14. The van der Waals surface area contributed by atoms with Crippen LogP contribution in [0.3, 0.4) is 0 Å². The van der Waals surface area contributed by atoms with Gasteiger partial charge in [-0.05, 0) is 52.9 Å². The molecule has 0 atom stereocenters. The van der Waals surface area contributed by atoms with Crippen molar-refractivity contribution >= 4 is 25.3 Å². The maximum atomic E-state index is 12.5. The molecule has 1 heterocycles. The van der Waals surface area contributed by atoms with E-state index in [0.717, 1.165) is 28.7 Å². The molecule has 0 aromatic heterocycles. The summed E-state index contributed by atoms with van der Waals surface area (Å²) in [6.07, 6.45) is 4.30. The minimum Gasteiger partial charge on any atom is -0.323 e. The summed E-state index contributed by atoms with van der Waals surface area (Å²) in [5.74, 6) is -0.218. The van der Waals surface area contributed by atoms with Gasteiger partial charge in [0.15, 0.2) is 0 Å². The average Bonchev–Trinajstić information content (AvgIpc) is 2.80. The second-order valence-corrected chi connectivity index (χ2v) is 9.35. The van der Waals surface area contributed by atoms with Crippen LogP contribution in [0, 0.1) is 0 Å². The SMILES string of the molecule is O=C(C=Cc1cccc(-c2ccccc2)c1)Nc1ccc(CP2(=O)OCCCO2)cc1. The van der Waals surface area contributed by atoms with Crippen molar-refractivity contribution in [2.45, 2.75) is 12.6 Å². The van der Waals surface area contributed by atoms with Gasteiger partial charge in [-0.1, -0.05) is 60.7 Å². The van der Waals surface area contributed by atoms with Gasteiger partial charge >= 0.3 is 7.60 Å². The Balaban J connectivity index is 1.35. The summed E-state index contributed by atoms with van der Waals surface area (Å²) in [6.45, 7) is 0.929. The monoisotopic (exact) mass is 433 g/mol. The Hall–Kier alpha value is -2.98. The molecule has 1 fully saturated rings. The molecule has 1 N–H and O–H groups in total. The third-order valence-corrected chi connectivity index (χ3v) is 6.79. The van der Waals surface area contributed by atoms with E-state index in [0.29, 0.717) is 18.9 Å². The summed E-state index contributed by atoms with van der Waals surface area (Å²) >= 11 is 0. The van der Waals surface area contributed by atoms with Gasteiger partial charge in [-0.25, -0.2) is 0 Å². The van der Waals surface area contributed by atoms with Crippen molar-refractivity contribution in [2.75, 3.05) is 18.5 Å². The van der Waals surface area contributed by atoms with E-state index in [2.05, 4.69) is 17.4 Å². The van der Waals surface area contributed by atoms with Crippen LogP contribution in [0.1, 0.15) is 17.5 Å². The van der Waals surface area contributed by atoms with Gasteiger partial charge in [0, 0.05) is 11.8 Å². The Morgan fingerprint density at radius 1 is 0.903 bits per heavy atom. The van der Waals surface area contributed by atoms with E-state index in [9.17, 15) is 9.36 Å². The van der Waals surface area contributed by atoms with Gasteiger partial charge in [0.1, 0.15) is 0 Å². The topological polar surface area (TPSA) is 64.6 Å². The molecule has 31 heavy (non-hydrogen) atoms. The zero-order valence-corrected chi connectivity index (χ0v) is 18.0. The van der Waals surface area contributed by atoms with Crippen molar-refractivity contribution in [3.63, 3.8) is 0 Å². The molecule has 1 amide bonds. The summed E-state index contributed by atoms with van der Waals surface area (Å²) in [4.78, 5) is 12.3. The normalized spacial score (nSPS) is 15.6. The average molecular weight is 433 g/mol. The molecule has 3 aromatic carbocycles. The number of hydrogen-bond acceptors (Lipinski definition) is 4. The van der Waals surface area contributed by atoms with E-state index in [4.69, 9.17) is 9.05 Å². The Morgan fingerprint density at radius 2 is 1.61 bits per heavy atom. The molecule has 0 radical (unpaired) electrons. The minimum absolute atomic E-state index is 0.218. The van der Waals surface area contributed by atoms with Crippen LogP contribution >= 0.6 is 7.60 Å². The largest absolute Gasteiger partial charge is 0.335 e. The number of anilines is 1. The molecule has 5 nitrogen and oxygen atoms in total. The van der Waals surface area contributed by atoms with E-state index >= 15 is 0 Å². The molecule has 0 aliphatic carbocycles. The molecule has 1 aliphatic heterocycles. The Bertz CT molecular complexity index is 1100. The van der Waals surface area contributed by atoms with E-state index < -0.39 is 7.60 Å². The number of rotatable bonds is 6. The second kappa shape index (κ2) is 9.88. The van der Waals surface area contributed by atoms with Crippen LogP contribution in [0.2, 0.25) is 0 Å². The van der Waals surface area contributed by atoms with E-state index in [1.165, 1.54) is 6.08 Å². The lowest BCUT2D eigenvalue weighted by Gasteiger charge is -2.22. The summed E-state index contributed by atoms with van der Waals surface area (Å²) < 4.78 is 23.1. The van der Waals surface area contributed by atoms with Gasteiger partial charge in [-0.3, -0.25) is 9.36 Å². The first-order chi connectivity index (χ1) is 15.1. The number of nitrogens with one attached hydrogen (secondary N) is 1. The molecule has 4 rings (SSSR count). The number of carbonyl (C=O) groups excluding carboxylic acids is 1. The number of benzene rings is 3. The third-order valence-electron chi connectivity index (χ3n) is 4.88. The molecule has 1 aliphatic rings. The van der Waals surface area contributed by atoms with Crippen molar-refractivity contribution in [3.05, 3.63) is 96.1 Å². The highest BCUT2D eigenvalue weighted by Crippen LogP contribution is 2.53.